The quantitative estimate of drug-likeness (QED) is 0.180. The molecule has 9 atom stereocenters. The van der Waals surface area contributed by atoms with Gasteiger partial charge in [0.05, 0.1) is 0 Å². The molecule has 1 unspecified atom stereocenters. The second-order valence-corrected chi connectivity index (χ2v) is 17.6. The van der Waals surface area contributed by atoms with E-state index in [0.717, 1.165) is 42.9 Å². The minimum absolute atomic E-state index is 0.0495. The number of carbonyl (C=O) groups excluding carboxylic acids is 2. The molecular weight excluding hydrogens is 530 g/mol. The number of amides is 1. The van der Waals surface area contributed by atoms with E-state index in [9.17, 15) is 9.59 Å². The molecule has 4 nitrogen and oxygen atoms in total. The van der Waals surface area contributed by atoms with Gasteiger partial charge in [-0.05, 0) is 109 Å². The summed E-state index contributed by atoms with van der Waals surface area (Å²) in [5.74, 6) is 4.33. The van der Waals surface area contributed by atoms with E-state index in [-0.39, 0.29) is 29.3 Å². The van der Waals surface area contributed by atoms with Crippen molar-refractivity contribution in [3.05, 3.63) is 11.6 Å². The van der Waals surface area contributed by atoms with Crippen LogP contribution in [0.3, 0.4) is 0 Å². The molecule has 246 valence electrons. The van der Waals surface area contributed by atoms with Crippen LogP contribution in [0.15, 0.2) is 11.6 Å². The highest BCUT2D eigenvalue weighted by atomic mass is 16.5. The maximum Gasteiger partial charge on any atom is 0.328 e. The van der Waals surface area contributed by atoms with E-state index in [4.69, 9.17) is 4.74 Å². The van der Waals surface area contributed by atoms with Gasteiger partial charge in [-0.3, -0.25) is 4.79 Å². The topological polar surface area (TPSA) is 55.4 Å². The van der Waals surface area contributed by atoms with Crippen molar-refractivity contribution in [2.45, 2.75) is 165 Å². The summed E-state index contributed by atoms with van der Waals surface area (Å²) in [7, 11) is 0. The number of ether oxygens (including phenoxy) is 1. The molecular formula is C39H67NO3. The zero-order valence-electron chi connectivity index (χ0n) is 29.7. The average Bonchev–Trinajstić information content (AvgIpc) is 3.26. The molecule has 0 aliphatic heterocycles. The van der Waals surface area contributed by atoms with Gasteiger partial charge in [-0.25, -0.2) is 4.79 Å². The van der Waals surface area contributed by atoms with Gasteiger partial charge >= 0.3 is 5.97 Å². The fraction of sp³-hybridized carbons (Fsp3) is 0.897. The van der Waals surface area contributed by atoms with Gasteiger partial charge in [0.2, 0.25) is 5.91 Å². The molecule has 4 heteroatoms. The maximum absolute atomic E-state index is 13.4. The summed E-state index contributed by atoms with van der Waals surface area (Å²) in [6.45, 7) is 23.4. The molecule has 4 aliphatic rings. The molecule has 0 spiro atoms. The molecule has 1 amide bonds. The van der Waals surface area contributed by atoms with Gasteiger partial charge in [-0.1, -0.05) is 100 Å². The molecule has 4 aliphatic carbocycles. The summed E-state index contributed by atoms with van der Waals surface area (Å²) in [6, 6.07) is -0.553. The van der Waals surface area contributed by atoms with E-state index in [1.54, 1.807) is 5.57 Å². The van der Waals surface area contributed by atoms with Crippen molar-refractivity contribution >= 4 is 11.9 Å². The fourth-order valence-corrected chi connectivity index (χ4v) is 11.0. The van der Waals surface area contributed by atoms with Crippen LogP contribution >= 0.6 is 0 Å². The molecule has 0 radical (unpaired) electrons. The van der Waals surface area contributed by atoms with E-state index in [2.05, 4.69) is 66.8 Å². The fourth-order valence-electron chi connectivity index (χ4n) is 11.0. The predicted octanol–water partition coefficient (Wildman–Crippen LogP) is 9.91. The van der Waals surface area contributed by atoms with Crippen LogP contribution in [-0.4, -0.2) is 24.0 Å². The molecule has 0 aromatic heterocycles. The summed E-state index contributed by atoms with van der Waals surface area (Å²) in [5.41, 5.74) is 2.59. The van der Waals surface area contributed by atoms with Crippen molar-refractivity contribution in [3.8, 4) is 0 Å². The second kappa shape index (κ2) is 13.6. The van der Waals surface area contributed by atoms with Crippen LogP contribution in [0.1, 0.15) is 153 Å². The van der Waals surface area contributed by atoms with E-state index in [0.29, 0.717) is 35.5 Å². The van der Waals surface area contributed by atoms with Crippen LogP contribution < -0.4 is 5.32 Å². The van der Waals surface area contributed by atoms with E-state index in [1.165, 1.54) is 51.4 Å². The van der Waals surface area contributed by atoms with Crippen LogP contribution in [0.25, 0.3) is 0 Å². The number of allylic oxidation sites excluding steroid dienone is 1. The summed E-state index contributed by atoms with van der Waals surface area (Å²) >= 11 is 0. The molecule has 3 fully saturated rings. The minimum Gasteiger partial charge on any atom is -0.461 e. The van der Waals surface area contributed by atoms with Crippen molar-refractivity contribution in [3.63, 3.8) is 0 Å². The van der Waals surface area contributed by atoms with Gasteiger partial charge in [0.15, 0.2) is 0 Å². The Morgan fingerprint density at radius 3 is 2.23 bits per heavy atom. The van der Waals surface area contributed by atoms with Gasteiger partial charge in [-0.15, -0.1) is 0 Å². The van der Waals surface area contributed by atoms with Crippen LogP contribution in [0.4, 0.5) is 0 Å². The Balaban J connectivity index is 1.43. The van der Waals surface area contributed by atoms with Crippen molar-refractivity contribution in [2.24, 2.45) is 57.7 Å². The lowest BCUT2D eigenvalue weighted by Gasteiger charge is -2.63. The van der Waals surface area contributed by atoms with E-state index in [1.807, 2.05) is 13.8 Å². The standard InChI is InChI=1S/C39H67NO3/c1-25(2)12-11-13-28(7)31-14-15-33-38(31,9)21-18-34-37(8)20-17-30(24-29(37)16-19-39(33,34)10)43-36(42)32(22-26(3)4)40-35(41)23-27(5)6/h16,25-28,30-34H,11-15,17-24H2,1-10H3,(H,40,41)/t28-,30+,31-,32?,33-,34-,37+,38-,39+/m1/s1. The van der Waals surface area contributed by atoms with Crippen molar-refractivity contribution in [2.75, 3.05) is 0 Å². The summed E-state index contributed by atoms with van der Waals surface area (Å²) in [6.07, 6.45) is 17.3. The van der Waals surface area contributed by atoms with E-state index >= 15 is 0 Å². The Bertz CT molecular complexity index is 1010. The van der Waals surface area contributed by atoms with Gasteiger partial charge in [-0.2, -0.15) is 0 Å². The van der Waals surface area contributed by atoms with Crippen molar-refractivity contribution in [1.29, 1.82) is 0 Å². The number of rotatable bonds is 12. The third-order valence-corrected chi connectivity index (χ3v) is 13.0. The Kier molecular flexibility index (Phi) is 10.9. The predicted molar refractivity (Wildman–Crippen MR) is 178 cm³/mol. The summed E-state index contributed by atoms with van der Waals surface area (Å²) in [4.78, 5) is 25.9. The third-order valence-electron chi connectivity index (χ3n) is 13.0. The highest BCUT2D eigenvalue weighted by Gasteiger charge is 2.64. The number of nitrogens with one attached hydrogen (secondary N) is 1. The smallest absolute Gasteiger partial charge is 0.328 e. The summed E-state index contributed by atoms with van der Waals surface area (Å²) in [5, 5.41) is 3.00. The number of esters is 1. The first-order valence-electron chi connectivity index (χ1n) is 18.3. The van der Waals surface area contributed by atoms with Gasteiger partial charge in [0, 0.05) is 12.8 Å². The first-order chi connectivity index (χ1) is 20.1. The Hall–Kier alpha value is -1.32. The van der Waals surface area contributed by atoms with Crippen LogP contribution in [0.5, 0.6) is 0 Å². The highest BCUT2D eigenvalue weighted by molar-refractivity contribution is 5.84. The molecule has 4 rings (SSSR count). The monoisotopic (exact) mass is 598 g/mol. The van der Waals surface area contributed by atoms with Gasteiger partial charge < -0.3 is 10.1 Å². The minimum atomic E-state index is -0.553. The molecule has 3 saturated carbocycles. The molecule has 0 aromatic rings. The molecule has 0 bridgehead atoms. The maximum atomic E-state index is 13.4. The Labute approximate surface area is 265 Å². The Morgan fingerprint density at radius 1 is 0.860 bits per heavy atom. The highest BCUT2D eigenvalue weighted by Crippen LogP contribution is 2.72. The molecule has 0 aromatic carbocycles. The first-order valence-corrected chi connectivity index (χ1v) is 18.3. The van der Waals surface area contributed by atoms with Gasteiger partial charge in [0.25, 0.3) is 0 Å². The molecule has 0 saturated heterocycles. The number of hydrogen-bond donors (Lipinski definition) is 1. The number of carbonyl (C=O) groups is 2. The summed E-state index contributed by atoms with van der Waals surface area (Å²) < 4.78 is 6.19. The van der Waals surface area contributed by atoms with Crippen molar-refractivity contribution in [1.82, 2.24) is 5.32 Å². The SMILES string of the molecule is CC(C)CCC[C@@H](C)[C@H]1CC[C@@H]2[C@]1(C)CC[C@H]1[C@@]2(C)CC=C2C[C@@H](OC(=O)C(CC(C)C)NC(=O)CC(C)C)CC[C@@]21C. The molecule has 1 N–H and O–H groups in total. The third kappa shape index (κ3) is 7.24. The molecule has 0 heterocycles. The van der Waals surface area contributed by atoms with Crippen LogP contribution in [-0.2, 0) is 14.3 Å². The zero-order valence-corrected chi connectivity index (χ0v) is 29.7. The number of fused-ring (bicyclic) bond motifs is 5. The average molecular weight is 598 g/mol. The lowest BCUT2D eigenvalue weighted by atomic mass is 9.41. The number of hydrogen-bond acceptors (Lipinski definition) is 3. The Morgan fingerprint density at radius 2 is 1.58 bits per heavy atom. The lowest BCUT2D eigenvalue weighted by molar-refractivity contribution is -0.157. The van der Waals surface area contributed by atoms with Gasteiger partial charge in [0.1, 0.15) is 12.1 Å². The first kappa shape index (κ1) is 34.6. The van der Waals surface area contributed by atoms with Crippen LogP contribution in [0, 0.1) is 57.7 Å². The normalized spacial score (nSPS) is 36.9. The zero-order chi connectivity index (χ0) is 31.7. The lowest BCUT2D eigenvalue weighted by Crippen LogP contribution is -2.56. The van der Waals surface area contributed by atoms with Crippen LogP contribution in [0.2, 0.25) is 0 Å². The molecule has 43 heavy (non-hydrogen) atoms. The van der Waals surface area contributed by atoms with E-state index < -0.39 is 6.04 Å². The van der Waals surface area contributed by atoms with Crippen molar-refractivity contribution < 1.29 is 14.3 Å². The largest absolute Gasteiger partial charge is 0.461 e. The second-order valence-electron chi connectivity index (χ2n) is 17.6.